The second-order valence-electron chi connectivity index (χ2n) is 16.1. The van der Waals surface area contributed by atoms with Crippen LogP contribution in [0.3, 0.4) is 0 Å². The molecule has 274 valence electrons. The topological polar surface area (TPSA) is 21.3 Å². The number of rotatable bonds is 5. The highest BCUT2D eigenvalue weighted by Gasteiger charge is 2.35. The van der Waals surface area contributed by atoms with E-state index >= 15 is 0 Å². The monoisotopic (exact) mass is 742 g/mol. The van der Waals surface area contributed by atoms with Crippen LogP contribution in [-0.2, 0) is 5.41 Å². The second kappa shape index (κ2) is 12.3. The van der Waals surface area contributed by atoms with Crippen molar-refractivity contribution in [3.8, 4) is 39.1 Å². The molecular formula is C55H38N2O. The molecule has 0 unspecified atom stereocenters. The fourth-order valence-corrected chi connectivity index (χ4v) is 9.73. The molecule has 9 aromatic rings. The molecule has 0 fully saturated rings. The molecule has 0 N–H and O–H groups in total. The van der Waals surface area contributed by atoms with Crippen molar-refractivity contribution in [3.63, 3.8) is 0 Å². The van der Waals surface area contributed by atoms with Crippen LogP contribution in [0.5, 0.6) is 0 Å². The first kappa shape index (κ1) is 32.8. The van der Waals surface area contributed by atoms with Gasteiger partial charge >= 0.3 is 0 Å². The van der Waals surface area contributed by atoms with Gasteiger partial charge in [0.15, 0.2) is 11.2 Å². The lowest BCUT2D eigenvalue weighted by atomic mass is 9.82. The zero-order valence-corrected chi connectivity index (χ0v) is 32.3. The van der Waals surface area contributed by atoms with E-state index in [0.29, 0.717) is 0 Å². The molecule has 3 aliphatic rings. The third-order valence-electron chi connectivity index (χ3n) is 12.6. The van der Waals surface area contributed by atoms with Crippen molar-refractivity contribution in [2.75, 3.05) is 4.90 Å². The first-order chi connectivity index (χ1) is 28.5. The van der Waals surface area contributed by atoms with E-state index in [1.807, 2.05) is 0 Å². The molecule has 0 bridgehead atoms. The SMILES string of the molecule is CC1(C)c2ccccc2-c2ccc(N(c3ccc(-c4ccccc4)cc3)c3ccc(-c4ccc5c(c4)oc4ccc6cccc7c8ccccc8n5-c4c67)cc3)cc21. The molecule has 0 aromatic heterocycles. The smallest absolute Gasteiger partial charge is 0.152 e. The summed E-state index contributed by atoms with van der Waals surface area (Å²) >= 11 is 0. The van der Waals surface area contributed by atoms with Gasteiger partial charge in [0.2, 0.25) is 0 Å². The molecule has 58 heavy (non-hydrogen) atoms. The summed E-state index contributed by atoms with van der Waals surface area (Å²) in [5.41, 5.74) is 18.3. The van der Waals surface area contributed by atoms with E-state index in [-0.39, 0.29) is 5.41 Å². The van der Waals surface area contributed by atoms with Crippen molar-refractivity contribution in [3.05, 3.63) is 205 Å². The molecule has 12 rings (SSSR count). The molecule has 1 aliphatic carbocycles. The third kappa shape index (κ3) is 4.80. The second-order valence-corrected chi connectivity index (χ2v) is 16.1. The normalized spacial score (nSPS) is 13.1. The summed E-state index contributed by atoms with van der Waals surface area (Å²) in [6.45, 7) is 4.69. The Morgan fingerprint density at radius 3 is 1.88 bits per heavy atom. The molecule has 9 aromatic carbocycles. The zero-order chi connectivity index (χ0) is 38.5. The van der Waals surface area contributed by atoms with Crippen molar-refractivity contribution in [2.24, 2.45) is 0 Å². The molecule has 2 heterocycles. The lowest BCUT2D eigenvalue weighted by molar-refractivity contribution is 0.648. The minimum atomic E-state index is -0.102. The number of para-hydroxylation sites is 1. The van der Waals surface area contributed by atoms with Crippen LogP contribution in [0.25, 0.3) is 82.8 Å². The highest BCUT2D eigenvalue weighted by Crippen LogP contribution is 2.51. The largest absolute Gasteiger partial charge is 0.453 e. The van der Waals surface area contributed by atoms with Crippen molar-refractivity contribution in [1.82, 2.24) is 4.57 Å². The fraction of sp³-hybridized carbons (Fsp3) is 0.0545. The molecule has 0 atom stereocenters. The first-order valence-corrected chi connectivity index (χ1v) is 20.1. The predicted octanol–water partition coefficient (Wildman–Crippen LogP) is 15.2. The van der Waals surface area contributed by atoms with Crippen LogP contribution in [0, 0.1) is 0 Å². The summed E-state index contributed by atoms with van der Waals surface area (Å²) in [7, 11) is 0. The number of pyridine rings is 1. The minimum absolute atomic E-state index is 0.102. The van der Waals surface area contributed by atoms with E-state index in [0.717, 1.165) is 50.6 Å². The van der Waals surface area contributed by atoms with E-state index in [9.17, 15) is 0 Å². The Labute approximate surface area is 337 Å². The number of benzene rings is 9. The van der Waals surface area contributed by atoms with Gasteiger partial charge < -0.3 is 13.9 Å². The van der Waals surface area contributed by atoms with Crippen LogP contribution in [-0.4, -0.2) is 4.57 Å². The molecule has 0 amide bonds. The van der Waals surface area contributed by atoms with Gasteiger partial charge in [-0.2, -0.15) is 0 Å². The summed E-state index contributed by atoms with van der Waals surface area (Å²) in [4.78, 5) is 2.39. The van der Waals surface area contributed by atoms with Crippen LogP contribution in [0.2, 0.25) is 0 Å². The molecule has 0 saturated carbocycles. The van der Waals surface area contributed by atoms with Crippen LogP contribution >= 0.6 is 0 Å². The van der Waals surface area contributed by atoms with Crippen molar-refractivity contribution < 1.29 is 4.42 Å². The molecule has 0 saturated heterocycles. The summed E-state index contributed by atoms with van der Waals surface area (Å²) in [5.74, 6) is 0. The highest BCUT2D eigenvalue weighted by atomic mass is 16.3. The van der Waals surface area contributed by atoms with Crippen molar-refractivity contribution in [2.45, 2.75) is 19.3 Å². The van der Waals surface area contributed by atoms with Gasteiger partial charge in [-0.15, -0.1) is 0 Å². The Hall–Kier alpha value is -7.36. The minimum Gasteiger partial charge on any atom is -0.453 e. The van der Waals surface area contributed by atoms with E-state index in [1.54, 1.807) is 0 Å². The predicted molar refractivity (Wildman–Crippen MR) is 242 cm³/mol. The molecule has 3 nitrogen and oxygen atoms in total. The number of fused-ring (bicyclic) bond motifs is 8. The number of aromatic nitrogens is 1. The van der Waals surface area contributed by atoms with Gasteiger partial charge in [0.1, 0.15) is 0 Å². The Morgan fingerprint density at radius 2 is 1.07 bits per heavy atom. The fourth-order valence-electron chi connectivity index (χ4n) is 9.73. The number of nitrogens with zero attached hydrogens (tertiary/aromatic N) is 2. The lowest BCUT2D eigenvalue weighted by Gasteiger charge is -2.28. The van der Waals surface area contributed by atoms with Crippen LogP contribution in [0.4, 0.5) is 17.1 Å². The third-order valence-corrected chi connectivity index (χ3v) is 12.6. The van der Waals surface area contributed by atoms with E-state index in [2.05, 4.69) is 217 Å². The number of anilines is 3. The number of hydrogen-bond donors (Lipinski definition) is 0. The molecule has 0 spiro atoms. The van der Waals surface area contributed by atoms with Gasteiger partial charge in [-0.3, -0.25) is 0 Å². The quantitative estimate of drug-likeness (QED) is 0.129. The van der Waals surface area contributed by atoms with E-state index in [1.165, 1.54) is 60.4 Å². The van der Waals surface area contributed by atoms with Gasteiger partial charge in [0, 0.05) is 33.2 Å². The van der Waals surface area contributed by atoms with Crippen LogP contribution < -0.4 is 4.90 Å². The molecule has 2 aliphatic heterocycles. The standard InChI is InChI=1S/C55H38N2O/c1-55(2)47-17-8-6-14-43(47)44-30-29-42(34-48(44)55)56(40-25-19-36(20-26-40)35-11-4-3-5-12-35)41-27-21-37(22-28-41)39-23-31-50-52(33-39)58-51-32-24-38-13-10-16-46-45-15-7-9-18-49(45)57(50)54(51)53(38)46/h3-34H,1-2H3. The summed E-state index contributed by atoms with van der Waals surface area (Å²) in [6.07, 6.45) is 0. The molecule has 3 heteroatoms. The van der Waals surface area contributed by atoms with E-state index in [4.69, 9.17) is 4.42 Å². The van der Waals surface area contributed by atoms with Gasteiger partial charge in [-0.1, -0.05) is 147 Å². The lowest BCUT2D eigenvalue weighted by Crippen LogP contribution is -2.16. The molecule has 0 radical (unpaired) electrons. The first-order valence-electron chi connectivity index (χ1n) is 20.1. The molecular weight excluding hydrogens is 705 g/mol. The average molecular weight is 743 g/mol. The highest BCUT2D eigenvalue weighted by molar-refractivity contribution is 6.20. The Bertz CT molecular complexity index is 3350. The number of hydrogen-bond acceptors (Lipinski definition) is 2. The van der Waals surface area contributed by atoms with E-state index < -0.39 is 0 Å². The summed E-state index contributed by atoms with van der Waals surface area (Å²) < 4.78 is 9.16. The van der Waals surface area contributed by atoms with Crippen LogP contribution in [0.1, 0.15) is 25.0 Å². The zero-order valence-electron chi connectivity index (χ0n) is 32.3. The maximum absolute atomic E-state index is 6.77. The maximum atomic E-state index is 6.77. The Balaban J connectivity index is 0.978. The summed E-state index contributed by atoms with van der Waals surface area (Å²) in [5, 5.41) is 4.94. The maximum Gasteiger partial charge on any atom is 0.152 e. The van der Waals surface area contributed by atoms with Crippen molar-refractivity contribution >= 4 is 60.8 Å². The summed E-state index contributed by atoms with van der Waals surface area (Å²) in [6, 6.07) is 70.6. The van der Waals surface area contributed by atoms with Gasteiger partial charge in [0.05, 0.1) is 16.7 Å². The van der Waals surface area contributed by atoms with Gasteiger partial charge in [-0.05, 0) is 116 Å². The van der Waals surface area contributed by atoms with Gasteiger partial charge in [0.25, 0.3) is 0 Å². The van der Waals surface area contributed by atoms with Gasteiger partial charge in [-0.25, -0.2) is 0 Å². The van der Waals surface area contributed by atoms with Crippen LogP contribution in [0.15, 0.2) is 199 Å². The Morgan fingerprint density at radius 1 is 0.431 bits per heavy atom. The average Bonchev–Trinajstić information content (AvgIpc) is 3.51. The van der Waals surface area contributed by atoms with Crippen molar-refractivity contribution in [1.29, 1.82) is 0 Å². The Kier molecular flexibility index (Phi) is 6.98.